The average molecular weight is 1060 g/mol. The summed E-state index contributed by atoms with van der Waals surface area (Å²) in [6, 6.07) is 22.9. The summed E-state index contributed by atoms with van der Waals surface area (Å²) in [7, 11) is 1.86. The molecule has 10 rings (SSSR count). The van der Waals surface area contributed by atoms with Crippen LogP contribution in [-0.4, -0.2) is 165 Å². The van der Waals surface area contributed by atoms with Gasteiger partial charge in [-0.2, -0.15) is 0 Å². The van der Waals surface area contributed by atoms with Gasteiger partial charge in [-0.1, -0.05) is 50.2 Å². The van der Waals surface area contributed by atoms with Gasteiger partial charge in [0, 0.05) is 114 Å². The number of benzene rings is 2. The minimum Gasteiger partial charge on any atom is -0.507 e. The van der Waals surface area contributed by atoms with Crippen molar-refractivity contribution in [3.05, 3.63) is 102 Å². The third-order valence-corrected chi connectivity index (χ3v) is 16.5. The van der Waals surface area contributed by atoms with Crippen molar-refractivity contribution in [1.29, 1.82) is 0 Å². The third-order valence-electron chi connectivity index (χ3n) is 15.6. The van der Waals surface area contributed by atoms with E-state index in [-0.39, 0.29) is 42.5 Å². The number of ether oxygens (including phenoxy) is 2. The molecule has 20 heteroatoms. The lowest BCUT2D eigenvalue weighted by Gasteiger charge is -2.43. The second-order valence-electron chi connectivity index (χ2n) is 21.0. The lowest BCUT2D eigenvalue weighted by Crippen LogP contribution is -2.54. The van der Waals surface area contributed by atoms with Crippen LogP contribution >= 0.6 is 11.3 Å². The second kappa shape index (κ2) is 23.2. The van der Waals surface area contributed by atoms with E-state index in [2.05, 4.69) is 74.6 Å². The predicted molar refractivity (Wildman–Crippen MR) is 292 cm³/mol. The van der Waals surface area contributed by atoms with Crippen LogP contribution in [0.2, 0.25) is 0 Å². The molecule has 0 saturated carbocycles. The number of hydrogen-bond donors (Lipinski definition) is 4. The Labute approximate surface area is 448 Å². The zero-order chi connectivity index (χ0) is 53.0. The van der Waals surface area contributed by atoms with Crippen LogP contribution in [-0.2, 0) is 9.59 Å². The maximum atomic E-state index is 14.3. The van der Waals surface area contributed by atoms with Crippen LogP contribution in [0.3, 0.4) is 0 Å². The molecule has 4 saturated heterocycles. The number of phenols is 1. The van der Waals surface area contributed by atoms with E-state index in [0.29, 0.717) is 72.5 Å². The van der Waals surface area contributed by atoms with Gasteiger partial charge in [-0.3, -0.25) is 19.4 Å². The van der Waals surface area contributed by atoms with Gasteiger partial charge in [0.1, 0.15) is 30.9 Å². The summed E-state index contributed by atoms with van der Waals surface area (Å²) in [4.78, 5) is 49.4. The molecule has 0 radical (unpaired) electrons. The fourth-order valence-corrected chi connectivity index (χ4v) is 12.3. The molecule has 4 fully saturated rings. The van der Waals surface area contributed by atoms with E-state index in [1.54, 1.807) is 29.5 Å². The number of amides is 2. The molecular weight excluding hydrogens is 985 g/mol. The number of para-hydroxylation sites is 1. The van der Waals surface area contributed by atoms with E-state index in [1.807, 2.05) is 88.9 Å². The Hall–Kier alpha value is -6.87. The van der Waals surface area contributed by atoms with E-state index in [9.17, 15) is 19.8 Å². The Morgan fingerprint density at radius 2 is 1.66 bits per heavy atom. The van der Waals surface area contributed by atoms with Crippen molar-refractivity contribution in [3.63, 3.8) is 0 Å². The Morgan fingerprint density at radius 1 is 0.895 bits per heavy atom. The molecule has 4 aliphatic heterocycles. The number of likely N-dealkylation sites (tertiary alicyclic amines) is 1. The van der Waals surface area contributed by atoms with Gasteiger partial charge < -0.3 is 49.5 Å². The number of fused-ring (bicyclic) bond motifs is 2. The Morgan fingerprint density at radius 3 is 2.38 bits per heavy atom. The van der Waals surface area contributed by atoms with Gasteiger partial charge in [0.15, 0.2) is 11.6 Å². The summed E-state index contributed by atoms with van der Waals surface area (Å²) >= 11 is 1.59. The van der Waals surface area contributed by atoms with Crippen molar-refractivity contribution < 1.29 is 33.8 Å². The molecule has 2 amide bonds. The van der Waals surface area contributed by atoms with Crippen LogP contribution in [0.1, 0.15) is 75.9 Å². The number of aliphatic hydroxyl groups excluding tert-OH is 1. The quantitative estimate of drug-likeness (QED) is 0.0673. The molecular formula is C56H70N12O7S. The Bertz CT molecular complexity index is 2940. The van der Waals surface area contributed by atoms with Crippen LogP contribution in [0.25, 0.3) is 21.7 Å². The van der Waals surface area contributed by atoms with Crippen LogP contribution in [0.5, 0.6) is 17.5 Å². The lowest BCUT2D eigenvalue weighted by molar-refractivity contribution is -0.141. The number of aryl methyl sites for hydroxylation is 1. The topological polar surface area (TPSA) is 211 Å². The molecule has 2 unspecified atom stereocenters. The smallest absolute Gasteiger partial charge is 0.254 e. The second-order valence-corrected chi connectivity index (χ2v) is 21.8. The number of anilines is 3. The summed E-state index contributed by atoms with van der Waals surface area (Å²) in [5.74, 6) is 0.672. The predicted octanol–water partition coefficient (Wildman–Crippen LogP) is 6.61. The van der Waals surface area contributed by atoms with Gasteiger partial charge in [0.2, 0.25) is 17.7 Å². The van der Waals surface area contributed by atoms with Crippen LogP contribution < -0.4 is 29.9 Å². The lowest BCUT2D eigenvalue weighted by atomic mass is 9.91. The van der Waals surface area contributed by atoms with Crippen molar-refractivity contribution in [2.75, 3.05) is 87.7 Å². The number of nitrogens with one attached hydrogen (secondary N) is 2. The highest BCUT2D eigenvalue weighted by Gasteiger charge is 2.44. The summed E-state index contributed by atoms with van der Waals surface area (Å²) in [6.07, 6.45) is 3.33. The molecule has 76 heavy (non-hydrogen) atoms. The number of thiazole rings is 1. The number of aromatic hydroxyl groups is 1. The first kappa shape index (κ1) is 52.6. The first-order valence-electron chi connectivity index (χ1n) is 26.6. The minimum absolute atomic E-state index is 0.0517. The first-order valence-corrected chi connectivity index (χ1v) is 27.5. The number of hydrogen-bond acceptors (Lipinski definition) is 18. The van der Waals surface area contributed by atoms with Crippen molar-refractivity contribution >= 4 is 40.3 Å². The van der Waals surface area contributed by atoms with Crippen LogP contribution in [0.4, 0.5) is 17.2 Å². The summed E-state index contributed by atoms with van der Waals surface area (Å²) in [5, 5.41) is 40.7. The molecule has 0 aliphatic carbocycles. The number of piperazine rings is 2. The number of aromatic nitrogens is 5. The fraction of sp³-hybridized carbons (Fsp3) is 0.482. The van der Waals surface area contributed by atoms with E-state index >= 15 is 0 Å². The van der Waals surface area contributed by atoms with Crippen molar-refractivity contribution in [2.45, 2.75) is 96.1 Å². The number of β-amino-alcohol motifs (C(OH)–C–C–N with tert-alkyl or cyclic N) is 1. The number of pyridine rings is 1. The first-order chi connectivity index (χ1) is 36.8. The molecule has 8 heterocycles. The maximum Gasteiger partial charge on any atom is 0.254 e. The largest absolute Gasteiger partial charge is 0.507 e. The molecule has 4 aromatic heterocycles. The summed E-state index contributed by atoms with van der Waals surface area (Å²) < 4.78 is 18.1. The molecule has 4 aliphatic rings. The van der Waals surface area contributed by atoms with E-state index < -0.39 is 18.1 Å². The molecule has 6 aromatic rings. The minimum atomic E-state index is -0.831. The van der Waals surface area contributed by atoms with Gasteiger partial charge in [0.25, 0.3) is 5.88 Å². The van der Waals surface area contributed by atoms with E-state index in [0.717, 1.165) is 85.2 Å². The molecule has 19 nitrogen and oxygen atoms in total. The monoisotopic (exact) mass is 1050 g/mol. The summed E-state index contributed by atoms with van der Waals surface area (Å²) in [6.45, 7) is 16.7. The Balaban J connectivity index is 0.668. The van der Waals surface area contributed by atoms with Crippen molar-refractivity contribution in [3.8, 4) is 39.2 Å². The Kier molecular flexibility index (Phi) is 16.0. The van der Waals surface area contributed by atoms with Gasteiger partial charge in [-0.25, -0.2) is 9.97 Å². The molecule has 402 valence electrons. The number of nitrogens with zero attached hydrogens (tertiary/aromatic N) is 10. The maximum absolute atomic E-state index is 14.3. The van der Waals surface area contributed by atoms with Crippen LogP contribution in [0, 0.1) is 12.8 Å². The number of carbonyl (C=O) groups excluding carboxylic acids is 2. The number of carbonyl (C=O) groups is 2. The van der Waals surface area contributed by atoms with Gasteiger partial charge in [0.05, 0.1) is 39.6 Å². The van der Waals surface area contributed by atoms with Crippen molar-refractivity contribution in [2.24, 2.45) is 5.92 Å². The SMILES string of the molecule is CNc1nnc(-c2ccccc2O)cc1N1CC2CCC(C1)N2c1ccnc(OCCN2CCN(CCOc3cc([C@H](C(=O)N4C[C@H](O)C[C@H]4C(=O)N[C@@H](C)c4ccc(-c5scnc5C)cc4)C(C)C)on3)C[C@H]2C)c1. The highest BCUT2D eigenvalue weighted by Crippen LogP contribution is 2.40. The average Bonchev–Trinajstić information content (AvgIpc) is 4.22. The normalized spacial score (nSPS) is 21.7. The van der Waals surface area contributed by atoms with E-state index in [1.165, 1.54) is 4.90 Å². The van der Waals surface area contributed by atoms with Gasteiger partial charge in [-0.05, 0) is 80.1 Å². The van der Waals surface area contributed by atoms with Crippen LogP contribution in [0.15, 0.2) is 89.0 Å². The standard InChI is InChI=1S/C56H70N12O7S/c1-34(2)52(56(72)67-32-43(69)26-47(67)55(71)60-36(4)38-11-13-39(14-12-38)53-37(5)59-33-76-53)49-28-51(63-75-49)74-23-21-64-19-20-65(35(3)29-64)22-24-73-50-25-40(17-18-58-50)68-41-15-16-42(68)31-66(30-41)46-27-45(61-62-54(46)57-6)44-9-7-8-10-48(44)70/h7-14,17-18,25,27-28,33-36,41-43,47,52,69-70H,15-16,19-24,26,29-32H2,1-6H3,(H,57,62)(H,60,71)/t35-,36+,41?,42?,43-,47+,52-/m1/s1. The highest BCUT2D eigenvalue weighted by molar-refractivity contribution is 7.13. The number of aliphatic hydroxyl groups is 1. The summed E-state index contributed by atoms with van der Waals surface area (Å²) in [5.41, 5.74) is 8.21. The van der Waals surface area contributed by atoms with Crippen molar-refractivity contribution in [1.82, 2.24) is 45.3 Å². The molecule has 4 N–H and O–H groups in total. The zero-order valence-electron chi connectivity index (χ0n) is 44.2. The fourth-order valence-electron chi connectivity index (χ4n) is 11.5. The van der Waals surface area contributed by atoms with E-state index in [4.69, 9.17) is 14.0 Å². The third kappa shape index (κ3) is 11.4. The van der Waals surface area contributed by atoms with Gasteiger partial charge >= 0.3 is 0 Å². The molecule has 0 spiro atoms. The number of rotatable bonds is 19. The molecule has 7 atom stereocenters. The van der Waals surface area contributed by atoms with Gasteiger partial charge in [-0.15, -0.1) is 21.5 Å². The number of phenolic OH excluding ortho intramolecular Hbond substituents is 1. The zero-order valence-corrected chi connectivity index (χ0v) is 45.0. The molecule has 2 aromatic carbocycles. The highest BCUT2D eigenvalue weighted by atomic mass is 32.1. The molecule has 2 bridgehead atoms.